The van der Waals surface area contributed by atoms with Crippen molar-refractivity contribution >= 4 is 21.8 Å². The van der Waals surface area contributed by atoms with Crippen LogP contribution in [0.4, 0.5) is 0 Å². The molecule has 18 heavy (non-hydrogen) atoms. The molecule has 1 aromatic carbocycles. The Morgan fingerprint density at radius 1 is 1.17 bits per heavy atom. The van der Waals surface area contributed by atoms with Crippen LogP contribution in [0.15, 0.2) is 53.1 Å². The molecule has 1 heterocycles. The lowest BCUT2D eigenvalue weighted by Crippen LogP contribution is -2.24. The fourth-order valence-corrected chi connectivity index (χ4v) is 1.80. The van der Waals surface area contributed by atoms with E-state index in [0.717, 1.165) is 15.7 Å². The number of rotatable bonds is 4. The lowest BCUT2D eigenvalue weighted by Gasteiger charge is -2.05. The molecule has 0 atom stereocenters. The van der Waals surface area contributed by atoms with E-state index >= 15 is 0 Å². The monoisotopic (exact) mass is 304 g/mol. The Morgan fingerprint density at radius 3 is 2.61 bits per heavy atom. The molecule has 0 bridgehead atoms. The average molecular weight is 305 g/mol. The zero-order valence-corrected chi connectivity index (χ0v) is 11.4. The van der Waals surface area contributed by atoms with Crippen LogP contribution in [0.3, 0.4) is 0 Å². The highest BCUT2D eigenvalue weighted by molar-refractivity contribution is 9.10. The number of nitrogens with one attached hydrogen (secondary N) is 1. The number of hydrogen-bond acceptors (Lipinski definition) is 2. The van der Waals surface area contributed by atoms with Gasteiger partial charge in [-0.1, -0.05) is 34.1 Å². The zero-order chi connectivity index (χ0) is 12.8. The van der Waals surface area contributed by atoms with Gasteiger partial charge in [-0.25, -0.2) is 0 Å². The summed E-state index contributed by atoms with van der Waals surface area (Å²) in [7, 11) is 0. The van der Waals surface area contributed by atoms with Crippen LogP contribution in [-0.2, 0) is 17.8 Å². The van der Waals surface area contributed by atoms with Gasteiger partial charge in [-0.2, -0.15) is 0 Å². The molecule has 2 aromatic rings. The molecule has 1 amide bonds. The number of halogens is 1. The van der Waals surface area contributed by atoms with Crippen molar-refractivity contribution in [1.82, 2.24) is 10.3 Å². The third-order valence-electron chi connectivity index (χ3n) is 2.47. The molecule has 0 aliphatic heterocycles. The topological polar surface area (TPSA) is 42.0 Å². The molecule has 0 aliphatic carbocycles. The molecule has 0 unspecified atom stereocenters. The molecule has 3 nitrogen and oxygen atoms in total. The number of hydrogen-bond donors (Lipinski definition) is 1. The van der Waals surface area contributed by atoms with Crippen molar-refractivity contribution in [2.75, 3.05) is 0 Å². The maximum atomic E-state index is 11.7. The van der Waals surface area contributed by atoms with Crippen LogP contribution in [0.2, 0.25) is 0 Å². The van der Waals surface area contributed by atoms with Crippen molar-refractivity contribution in [3.8, 4) is 0 Å². The van der Waals surface area contributed by atoms with E-state index in [1.807, 2.05) is 42.5 Å². The van der Waals surface area contributed by atoms with Crippen molar-refractivity contribution in [2.24, 2.45) is 0 Å². The molecule has 0 radical (unpaired) electrons. The number of carbonyl (C=O) groups excluding carboxylic acids is 1. The second kappa shape index (κ2) is 6.31. The maximum Gasteiger partial charge on any atom is 0.226 e. The quantitative estimate of drug-likeness (QED) is 0.943. The second-order valence-corrected chi connectivity index (χ2v) is 4.82. The van der Waals surface area contributed by atoms with Crippen molar-refractivity contribution in [1.29, 1.82) is 0 Å². The largest absolute Gasteiger partial charge is 0.352 e. The summed E-state index contributed by atoms with van der Waals surface area (Å²) in [6.07, 6.45) is 2.01. The Balaban J connectivity index is 1.83. The summed E-state index contributed by atoms with van der Waals surface area (Å²) in [6.45, 7) is 0.541. The van der Waals surface area contributed by atoms with Crippen molar-refractivity contribution in [3.05, 3.63) is 64.4 Å². The molecule has 0 spiro atoms. The summed E-state index contributed by atoms with van der Waals surface area (Å²) in [6, 6.07) is 13.4. The van der Waals surface area contributed by atoms with Gasteiger partial charge >= 0.3 is 0 Å². The number of amides is 1. The predicted molar refractivity (Wildman–Crippen MR) is 73.9 cm³/mol. The van der Waals surface area contributed by atoms with Crippen LogP contribution in [0.25, 0.3) is 0 Å². The van der Waals surface area contributed by atoms with Gasteiger partial charge < -0.3 is 5.32 Å². The normalized spacial score (nSPS) is 10.1. The molecule has 0 aliphatic rings. The van der Waals surface area contributed by atoms with Crippen LogP contribution in [0, 0.1) is 0 Å². The minimum atomic E-state index is -0.0170. The number of benzene rings is 1. The highest BCUT2D eigenvalue weighted by Gasteiger charge is 2.03. The molecule has 2 rings (SSSR count). The van der Waals surface area contributed by atoms with E-state index < -0.39 is 0 Å². The third-order valence-corrected chi connectivity index (χ3v) is 3.00. The first kappa shape index (κ1) is 12.8. The van der Waals surface area contributed by atoms with Gasteiger partial charge in [0.25, 0.3) is 0 Å². The first-order chi connectivity index (χ1) is 8.74. The van der Waals surface area contributed by atoms with E-state index in [0.29, 0.717) is 13.0 Å². The van der Waals surface area contributed by atoms with Crippen molar-refractivity contribution in [3.63, 3.8) is 0 Å². The van der Waals surface area contributed by atoms with E-state index in [2.05, 4.69) is 26.2 Å². The van der Waals surface area contributed by atoms with Crippen LogP contribution in [-0.4, -0.2) is 10.9 Å². The summed E-state index contributed by atoms with van der Waals surface area (Å²) >= 11 is 3.37. The Hall–Kier alpha value is -1.68. The minimum absolute atomic E-state index is 0.0170. The van der Waals surface area contributed by atoms with Crippen LogP contribution in [0.5, 0.6) is 0 Å². The smallest absolute Gasteiger partial charge is 0.226 e. The average Bonchev–Trinajstić information content (AvgIpc) is 2.39. The van der Waals surface area contributed by atoms with E-state index in [9.17, 15) is 4.79 Å². The lowest BCUT2D eigenvalue weighted by atomic mass is 10.2. The molecule has 92 valence electrons. The van der Waals surface area contributed by atoms with Gasteiger partial charge in [0.2, 0.25) is 5.91 Å². The first-order valence-electron chi connectivity index (χ1n) is 5.65. The molecule has 0 saturated heterocycles. The Morgan fingerprint density at radius 2 is 1.94 bits per heavy atom. The summed E-state index contributed by atoms with van der Waals surface area (Å²) in [5, 5.41) is 2.87. The highest BCUT2D eigenvalue weighted by atomic mass is 79.9. The Bertz CT molecular complexity index is 511. The summed E-state index contributed by atoms with van der Waals surface area (Å²) < 4.78 is 1.03. The van der Waals surface area contributed by atoms with Gasteiger partial charge in [0.15, 0.2) is 0 Å². The van der Waals surface area contributed by atoms with Crippen LogP contribution in [0.1, 0.15) is 11.3 Å². The third kappa shape index (κ3) is 3.96. The van der Waals surface area contributed by atoms with E-state index in [1.54, 1.807) is 6.20 Å². The van der Waals surface area contributed by atoms with Crippen molar-refractivity contribution < 1.29 is 4.79 Å². The fourth-order valence-electron chi connectivity index (χ4n) is 1.53. The van der Waals surface area contributed by atoms with Crippen LogP contribution >= 0.6 is 15.9 Å². The Labute approximate surface area is 114 Å². The summed E-state index contributed by atoms with van der Waals surface area (Å²) in [4.78, 5) is 15.8. The van der Waals surface area contributed by atoms with E-state index in [1.165, 1.54) is 0 Å². The standard InChI is InChI=1S/C14H13BrN2O/c15-12-6-4-11(5-7-12)10-17-14(18)9-13-3-1-2-8-16-13/h1-8H,9-10H2,(H,17,18). The molecule has 4 heteroatoms. The summed E-state index contributed by atoms with van der Waals surface area (Å²) in [5.41, 5.74) is 1.86. The molecule has 0 saturated carbocycles. The second-order valence-electron chi connectivity index (χ2n) is 3.90. The van der Waals surface area contributed by atoms with E-state index in [4.69, 9.17) is 0 Å². The molecule has 0 fully saturated rings. The number of pyridine rings is 1. The zero-order valence-electron chi connectivity index (χ0n) is 9.77. The maximum absolute atomic E-state index is 11.7. The molecular weight excluding hydrogens is 292 g/mol. The van der Waals surface area contributed by atoms with Gasteiger partial charge in [0, 0.05) is 22.9 Å². The number of aromatic nitrogens is 1. The number of carbonyl (C=O) groups is 1. The highest BCUT2D eigenvalue weighted by Crippen LogP contribution is 2.10. The van der Waals surface area contributed by atoms with Gasteiger partial charge in [0.05, 0.1) is 6.42 Å². The minimum Gasteiger partial charge on any atom is -0.352 e. The summed E-state index contributed by atoms with van der Waals surface area (Å²) in [5.74, 6) is -0.0170. The van der Waals surface area contributed by atoms with Crippen LogP contribution < -0.4 is 5.32 Å². The SMILES string of the molecule is O=C(Cc1ccccn1)NCc1ccc(Br)cc1. The van der Waals surface area contributed by atoms with Gasteiger partial charge in [0.1, 0.15) is 0 Å². The predicted octanol–water partition coefficient (Wildman–Crippen LogP) is 2.70. The first-order valence-corrected chi connectivity index (χ1v) is 6.44. The Kier molecular flexibility index (Phi) is 4.47. The van der Waals surface area contributed by atoms with Crippen molar-refractivity contribution in [2.45, 2.75) is 13.0 Å². The van der Waals surface area contributed by atoms with Gasteiger partial charge in [-0.15, -0.1) is 0 Å². The van der Waals surface area contributed by atoms with Gasteiger partial charge in [-0.05, 0) is 29.8 Å². The van der Waals surface area contributed by atoms with Gasteiger partial charge in [-0.3, -0.25) is 9.78 Å². The molecular formula is C14H13BrN2O. The molecule has 1 aromatic heterocycles. The lowest BCUT2D eigenvalue weighted by molar-refractivity contribution is -0.120. The number of nitrogens with zero attached hydrogens (tertiary/aromatic N) is 1. The van der Waals surface area contributed by atoms with E-state index in [-0.39, 0.29) is 5.91 Å². The molecule has 1 N–H and O–H groups in total. The fraction of sp³-hybridized carbons (Fsp3) is 0.143.